The summed E-state index contributed by atoms with van der Waals surface area (Å²) in [6, 6.07) is 5.29. The normalized spacial score (nSPS) is 22.7. The Kier molecular flexibility index (Phi) is 4.16. The average Bonchev–Trinajstić information content (AvgIpc) is 3.06. The maximum atomic E-state index is 12.6. The van der Waals surface area contributed by atoms with Crippen molar-refractivity contribution in [1.82, 2.24) is 15.1 Å². The lowest BCUT2D eigenvalue weighted by Crippen LogP contribution is -2.28. The maximum absolute atomic E-state index is 12.6. The molecule has 1 fully saturated rings. The van der Waals surface area contributed by atoms with Crippen molar-refractivity contribution in [2.75, 3.05) is 13.1 Å². The van der Waals surface area contributed by atoms with Gasteiger partial charge in [-0.1, -0.05) is 19.1 Å². The molecule has 3 N–H and O–H groups in total. The minimum atomic E-state index is -4.32. The van der Waals surface area contributed by atoms with Crippen molar-refractivity contribution in [1.29, 1.82) is 0 Å². The maximum Gasteiger partial charge on any atom is 0.416 e. The molecule has 0 amide bonds. The Labute approximate surface area is 132 Å². The summed E-state index contributed by atoms with van der Waals surface area (Å²) in [6.45, 7) is 4.54. The number of hydrogen-bond acceptors (Lipinski definition) is 3. The fourth-order valence-corrected chi connectivity index (χ4v) is 2.97. The Morgan fingerprint density at radius 3 is 2.52 bits per heavy atom. The van der Waals surface area contributed by atoms with Gasteiger partial charge in [-0.2, -0.15) is 18.3 Å². The van der Waals surface area contributed by atoms with Crippen molar-refractivity contribution >= 4 is 0 Å². The third-order valence-electron chi connectivity index (χ3n) is 4.36. The van der Waals surface area contributed by atoms with Crippen LogP contribution in [0.15, 0.2) is 30.5 Å². The lowest BCUT2D eigenvalue weighted by molar-refractivity contribution is -0.137. The Morgan fingerprint density at radius 1 is 1.26 bits per heavy atom. The highest BCUT2D eigenvalue weighted by molar-refractivity contribution is 5.63. The van der Waals surface area contributed by atoms with Crippen LogP contribution in [0.5, 0.6) is 0 Å². The molecule has 2 aromatic rings. The van der Waals surface area contributed by atoms with Gasteiger partial charge in [0, 0.05) is 31.2 Å². The molecular weight excluding hydrogens is 305 g/mol. The lowest BCUT2D eigenvalue weighted by atomic mass is 10.1. The van der Waals surface area contributed by atoms with Gasteiger partial charge < -0.3 is 5.73 Å². The van der Waals surface area contributed by atoms with Gasteiger partial charge in [-0.05, 0) is 23.6 Å². The van der Waals surface area contributed by atoms with Crippen LogP contribution in [0.1, 0.15) is 18.1 Å². The summed E-state index contributed by atoms with van der Waals surface area (Å²) in [6.07, 6.45) is -2.60. The molecule has 1 aromatic carbocycles. The number of likely N-dealkylation sites (tertiary alicyclic amines) is 1. The fraction of sp³-hybridized carbons (Fsp3) is 0.438. The van der Waals surface area contributed by atoms with E-state index in [0.29, 0.717) is 18.0 Å². The second-order valence-electron chi connectivity index (χ2n) is 6.18. The van der Waals surface area contributed by atoms with E-state index in [9.17, 15) is 13.2 Å². The largest absolute Gasteiger partial charge is 0.416 e. The van der Waals surface area contributed by atoms with E-state index in [1.54, 1.807) is 6.20 Å². The van der Waals surface area contributed by atoms with Gasteiger partial charge in [0.15, 0.2) is 0 Å². The number of aromatic nitrogens is 2. The molecule has 2 atom stereocenters. The van der Waals surface area contributed by atoms with Crippen molar-refractivity contribution in [2.45, 2.75) is 25.7 Å². The number of aromatic amines is 1. The van der Waals surface area contributed by atoms with Crippen molar-refractivity contribution < 1.29 is 13.2 Å². The summed E-state index contributed by atoms with van der Waals surface area (Å²) in [5.74, 6) is 0.441. The first-order chi connectivity index (χ1) is 10.8. The van der Waals surface area contributed by atoms with Gasteiger partial charge >= 0.3 is 6.18 Å². The number of H-pyrrole nitrogens is 1. The third kappa shape index (κ3) is 3.40. The Morgan fingerprint density at radius 2 is 1.96 bits per heavy atom. The summed E-state index contributed by atoms with van der Waals surface area (Å²) in [5, 5.41) is 6.93. The Bertz CT molecular complexity index is 653. The van der Waals surface area contributed by atoms with Crippen molar-refractivity contribution in [3.05, 3.63) is 41.6 Å². The number of halogens is 3. The minimum absolute atomic E-state index is 0.163. The zero-order chi connectivity index (χ0) is 16.6. The molecule has 23 heavy (non-hydrogen) atoms. The van der Waals surface area contributed by atoms with Gasteiger partial charge in [0.2, 0.25) is 0 Å². The molecule has 0 spiro atoms. The topological polar surface area (TPSA) is 57.9 Å². The second kappa shape index (κ2) is 5.98. The van der Waals surface area contributed by atoms with Gasteiger partial charge in [-0.25, -0.2) is 0 Å². The van der Waals surface area contributed by atoms with Gasteiger partial charge in [0.05, 0.1) is 17.5 Å². The van der Waals surface area contributed by atoms with Gasteiger partial charge in [0.1, 0.15) is 0 Å². The standard InChI is InChI=1S/C16H19F3N4/c1-10-7-23(9-14(10)20)8-12-6-21-22-15(12)11-2-4-13(5-3-11)16(17,18)19/h2-6,10,14H,7-9,20H2,1H3,(H,21,22). The van der Waals surface area contributed by atoms with Crippen LogP contribution in [-0.2, 0) is 12.7 Å². The van der Waals surface area contributed by atoms with Crippen LogP contribution in [0.3, 0.4) is 0 Å². The van der Waals surface area contributed by atoms with Crippen LogP contribution in [0, 0.1) is 5.92 Å². The second-order valence-corrected chi connectivity index (χ2v) is 6.18. The number of hydrogen-bond donors (Lipinski definition) is 2. The number of rotatable bonds is 3. The predicted molar refractivity (Wildman–Crippen MR) is 81.4 cm³/mol. The van der Waals surface area contributed by atoms with Crippen LogP contribution in [-0.4, -0.2) is 34.2 Å². The summed E-state index contributed by atoms with van der Waals surface area (Å²) in [5.41, 5.74) is 7.80. The first-order valence-electron chi connectivity index (χ1n) is 7.52. The molecule has 2 unspecified atom stereocenters. The molecule has 0 bridgehead atoms. The van der Waals surface area contributed by atoms with Crippen molar-refractivity contribution in [2.24, 2.45) is 11.7 Å². The van der Waals surface area contributed by atoms with Gasteiger partial charge in [-0.15, -0.1) is 0 Å². The third-order valence-corrected chi connectivity index (χ3v) is 4.36. The van der Waals surface area contributed by atoms with E-state index in [-0.39, 0.29) is 6.04 Å². The fourth-order valence-electron chi connectivity index (χ4n) is 2.97. The van der Waals surface area contributed by atoms with Crippen molar-refractivity contribution in [3.63, 3.8) is 0 Å². The molecular formula is C16H19F3N4. The Balaban J connectivity index is 1.78. The molecule has 0 saturated carbocycles. The Hall–Kier alpha value is -1.86. The molecule has 124 valence electrons. The minimum Gasteiger partial charge on any atom is -0.326 e. The van der Waals surface area contributed by atoms with Gasteiger partial charge in [0.25, 0.3) is 0 Å². The number of nitrogens with two attached hydrogens (primary N) is 1. The average molecular weight is 324 g/mol. The van der Waals surface area contributed by atoms with Crippen LogP contribution in [0.25, 0.3) is 11.3 Å². The molecule has 1 aromatic heterocycles. The van der Waals surface area contributed by atoms with Crippen LogP contribution >= 0.6 is 0 Å². The molecule has 0 radical (unpaired) electrons. The number of alkyl halides is 3. The smallest absolute Gasteiger partial charge is 0.326 e. The molecule has 0 aliphatic carbocycles. The first kappa shape index (κ1) is 16.0. The number of nitrogens with one attached hydrogen (secondary N) is 1. The SMILES string of the molecule is CC1CN(Cc2cn[nH]c2-c2ccc(C(F)(F)F)cc2)CC1N. The van der Waals surface area contributed by atoms with Crippen LogP contribution in [0.2, 0.25) is 0 Å². The van der Waals surface area contributed by atoms with E-state index < -0.39 is 11.7 Å². The molecule has 3 rings (SSSR count). The van der Waals surface area contributed by atoms with E-state index in [2.05, 4.69) is 22.0 Å². The van der Waals surface area contributed by atoms with Crippen LogP contribution < -0.4 is 5.73 Å². The summed E-state index contributed by atoms with van der Waals surface area (Å²) < 4.78 is 37.9. The molecule has 1 aliphatic rings. The van der Waals surface area contributed by atoms with E-state index in [1.165, 1.54) is 12.1 Å². The zero-order valence-corrected chi connectivity index (χ0v) is 12.8. The summed E-state index contributed by atoms with van der Waals surface area (Å²) in [4.78, 5) is 2.24. The molecule has 1 aliphatic heterocycles. The van der Waals surface area contributed by atoms with E-state index in [4.69, 9.17) is 5.73 Å². The molecule has 7 heteroatoms. The van der Waals surface area contributed by atoms with E-state index >= 15 is 0 Å². The molecule has 2 heterocycles. The zero-order valence-electron chi connectivity index (χ0n) is 12.8. The van der Waals surface area contributed by atoms with Crippen molar-refractivity contribution in [3.8, 4) is 11.3 Å². The number of benzene rings is 1. The van der Waals surface area contributed by atoms with E-state index in [0.717, 1.165) is 36.5 Å². The lowest BCUT2D eigenvalue weighted by Gasteiger charge is -2.15. The van der Waals surface area contributed by atoms with Gasteiger partial charge in [-0.3, -0.25) is 10.00 Å². The first-order valence-corrected chi connectivity index (χ1v) is 7.52. The van der Waals surface area contributed by atoms with E-state index in [1.807, 2.05) is 0 Å². The molecule has 4 nitrogen and oxygen atoms in total. The highest BCUT2D eigenvalue weighted by Crippen LogP contribution is 2.31. The summed E-state index contributed by atoms with van der Waals surface area (Å²) in [7, 11) is 0. The highest BCUT2D eigenvalue weighted by atomic mass is 19.4. The highest BCUT2D eigenvalue weighted by Gasteiger charge is 2.30. The monoisotopic (exact) mass is 324 g/mol. The number of nitrogens with zero attached hydrogens (tertiary/aromatic N) is 2. The quantitative estimate of drug-likeness (QED) is 0.913. The molecule has 1 saturated heterocycles. The summed E-state index contributed by atoms with van der Waals surface area (Å²) >= 11 is 0. The predicted octanol–water partition coefficient (Wildman–Crippen LogP) is 2.87. The van der Waals surface area contributed by atoms with Crippen LogP contribution in [0.4, 0.5) is 13.2 Å².